The Hall–Kier alpha value is -2.94. The molecule has 1 saturated carbocycles. The number of benzene rings is 1. The van der Waals surface area contributed by atoms with Crippen molar-refractivity contribution < 1.29 is 18.7 Å². The van der Waals surface area contributed by atoms with Crippen LogP contribution in [0.2, 0.25) is 0 Å². The van der Waals surface area contributed by atoms with Crippen molar-refractivity contribution in [2.45, 2.75) is 37.8 Å². The summed E-state index contributed by atoms with van der Waals surface area (Å²) in [7, 11) is 1.44. The Labute approximate surface area is 170 Å². The molecule has 2 amide bonds. The van der Waals surface area contributed by atoms with E-state index in [2.05, 4.69) is 15.6 Å². The molecule has 0 aliphatic heterocycles. The standard InChI is InChI=1S/C20H21FN4O3S/c1-28-17-7-6-12(21)8-13(17)19(26)23-14-4-2-3-5-15(14)24-20(27)16-10-29-18-9-22-11-25(16)18/h6-11,14-15H,2-5H2,1H3,(H,23,26)(H,24,27)/t14-,15-/m1/s1. The molecule has 29 heavy (non-hydrogen) atoms. The number of imidazole rings is 1. The van der Waals surface area contributed by atoms with E-state index in [1.807, 2.05) is 0 Å². The lowest BCUT2D eigenvalue weighted by molar-refractivity contribution is 0.0858. The van der Waals surface area contributed by atoms with Crippen molar-refractivity contribution in [1.82, 2.24) is 20.0 Å². The number of thiazole rings is 1. The predicted molar refractivity (Wildman–Crippen MR) is 107 cm³/mol. The van der Waals surface area contributed by atoms with Crippen molar-refractivity contribution in [2.75, 3.05) is 7.11 Å². The highest BCUT2D eigenvalue weighted by Crippen LogP contribution is 2.23. The van der Waals surface area contributed by atoms with Crippen LogP contribution in [0.5, 0.6) is 5.75 Å². The van der Waals surface area contributed by atoms with Gasteiger partial charge in [-0.1, -0.05) is 12.8 Å². The fraction of sp³-hybridized carbons (Fsp3) is 0.350. The van der Waals surface area contributed by atoms with Crippen LogP contribution in [0.3, 0.4) is 0 Å². The van der Waals surface area contributed by atoms with Gasteiger partial charge in [0.15, 0.2) is 0 Å². The van der Waals surface area contributed by atoms with E-state index < -0.39 is 11.7 Å². The Balaban J connectivity index is 1.49. The molecule has 9 heteroatoms. The van der Waals surface area contributed by atoms with Gasteiger partial charge in [0.25, 0.3) is 11.8 Å². The highest BCUT2D eigenvalue weighted by atomic mass is 32.1. The SMILES string of the molecule is COc1ccc(F)cc1C(=O)N[C@@H]1CCCC[C@H]1NC(=O)c1csc2cncn12. The van der Waals surface area contributed by atoms with Crippen molar-refractivity contribution in [2.24, 2.45) is 0 Å². The van der Waals surface area contributed by atoms with Gasteiger partial charge in [0.2, 0.25) is 0 Å². The maximum absolute atomic E-state index is 13.6. The number of fused-ring (bicyclic) bond motifs is 1. The minimum atomic E-state index is -0.508. The average molecular weight is 416 g/mol. The lowest BCUT2D eigenvalue weighted by atomic mass is 9.90. The first-order valence-electron chi connectivity index (χ1n) is 9.41. The molecule has 1 aromatic carbocycles. The number of halogens is 1. The van der Waals surface area contributed by atoms with Crippen LogP contribution in [0.4, 0.5) is 4.39 Å². The molecule has 2 N–H and O–H groups in total. The topological polar surface area (TPSA) is 84.7 Å². The normalized spacial score (nSPS) is 19.1. The first-order chi connectivity index (χ1) is 14.1. The lowest BCUT2D eigenvalue weighted by Crippen LogP contribution is -2.53. The van der Waals surface area contributed by atoms with Crippen LogP contribution in [-0.4, -0.2) is 40.4 Å². The molecule has 2 aromatic heterocycles. The molecule has 1 aliphatic carbocycles. The third-order valence-corrected chi connectivity index (χ3v) is 6.08. The number of ether oxygens (including phenoxy) is 1. The van der Waals surface area contributed by atoms with Crippen LogP contribution in [0, 0.1) is 5.82 Å². The summed E-state index contributed by atoms with van der Waals surface area (Å²) < 4.78 is 20.6. The van der Waals surface area contributed by atoms with E-state index in [0.29, 0.717) is 11.4 Å². The summed E-state index contributed by atoms with van der Waals surface area (Å²) in [4.78, 5) is 30.5. The smallest absolute Gasteiger partial charge is 0.269 e. The van der Waals surface area contributed by atoms with E-state index in [1.165, 1.54) is 30.6 Å². The second-order valence-corrected chi connectivity index (χ2v) is 7.90. The molecule has 0 radical (unpaired) electrons. The van der Waals surface area contributed by atoms with Crippen LogP contribution in [0.15, 0.2) is 36.1 Å². The third kappa shape index (κ3) is 3.95. The Morgan fingerprint density at radius 1 is 1.21 bits per heavy atom. The van der Waals surface area contributed by atoms with E-state index in [4.69, 9.17) is 4.74 Å². The van der Waals surface area contributed by atoms with Crippen molar-refractivity contribution >= 4 is 28.0 Å². The van der Waals surface area contributed by atoms with Crippen molar-refractivity contribution in [3.8, 4) is 5.75 Å². The average Bonchev–Trinajstić information content (AvgIpc) is 3.33. The van der Waals surface area contributed by atoms with Crippen LogP contribution < -0.4 is 15.4 Å². The number of nitrogens with one attached hydrogen (secondary N) is 2. The second kappa shape index (κ2) is 8.20. The number of carbonyl (C=O) groups excluding carboxylic acids is 2. The number of amides is 2. The molecule has 152 valence electrons. The first-order valence-corrected chi connectivity index (χ1v) is 10.3. The zero-order chi connectivity index (χ0) is 20.4. The zero-order valence-electron chi connectivity index (χ0n) is 15.9. The fourth-order valence-corrected chi connectivity index (χ4v) is 4.54. The second-order valence-electron chi connectivity index (χ2n) is 7.01. The summed E-state index contributed by atoms with van der Waals surface area (Å²) >= 11 is 1.45. The molecule has 0 unspecified atom stereocenters. The Bertz CT molecular complexity index is 1050. The number of methoxy groups -OCH3 is 1. The van der Waals surface area contributed by atoms with Crippen LogP contribution in [-0.2, 0) is 0 Å². The molecule has 2 heterocycles. The van der Waals surface area contributed by atoms with Crippen LogP contribution >= 0.6 is 11.3 Å². The van der Waals surface area contributed by atoms with Gasteiger partial charge in [-0.15, -0.1) is 11.3 Å². The maximum atomic E-state index is 13.6. The van der Waals surface area contributed by atoms with Gasteiger partial charge < -0.3 is 15.4 Å². The summed E-state index contributed by atoms with van der Waals surface area (Å²) in [5, 5.41) is 7.79. The largest absolute Gasteiger partial charge is 0.496 e. The molecule has 0 saturated heterocycles. The number of aromatic nitrogens is 2. The molecule has 0 bridgehead atoms. The summed E-state index contributed by atoms with van der Waals surface area (Å²) in [5.41, 5.74) is 0.658. The van der Waals surface area contributed by atoms with Gasteiger partial charge >= 0.3 is 0 Å². The molecule has 0 spiro atoms. The number of carbonyl (C=O) groups is 2. The fourth-order valence-electron chi connectivity index (χ4n) is 3.71. The Kier molecular flexibility index (Phi) is 5.48. The minimum absolute atomic E-state index is 0.140. The number of hydrogen-bond donors (Lipinski definition) is 2. The Morgan fingerprint density at radius 2 is 1.93 bits per heavy atom. The summed E-state index contributed by atoms with van der Waals surface area (Å²) in [6, 6.07) is 3.38. The van der Waals surface area contributed by atoms with Gasteiger partial charge in [0, 0.05) is 17.5 Å². The molecule has 2 atom stereocenters. The monoisotopic (exact) mass is 416 g/mol. The summed E-state index contributed by atoms with van der Waals surface area (Å²) in [6.45, 7) is 0. The van der Waals surface area contributed by atoms with Gasteiger partial charge in [0.05, 0.1) is 18.9 Å². The molecule has 1 aliphatic rings. The van der Waals surface area contributed by atoms with E-state index in [9.17, 15) is 14.0 Å². The molecular weight excluding hydrogens is 395 g/mol. The molecular formula is C20H21FN4O3S. The van der Waals surface area contributed by atoms with E-state index >= 15 is 0 Å². The lowest BCUT2D eigenvalue weighted by Gasteiger charge is -2.32. The number of hydrogen-bond acceptors (Lipinski definition) is 5. The van der Waals surface area contributed by atoms with Gasteiger partial charge in [0.1, 0.15) is 28.4 Å². The number of nitrogens with zero attached hydrogens (tertiary/aromatic N) is 2. The van der Waals surface area contributed by atoms with Gasteiger partial charge in [-0.05, 0) is 31.0 Å². The Morgan fingerprint density at radius 3 is 2.66 bits per heavy atom. The van der Waals surface area contributed by atoms with Gasteiger partial charge in [-0.3, -0.25) is 14.0 Å². The highest BCUT2D eigenvalue weighted by molar-refractivity contribution is 7.15. The molecule has 1 fully saturated rings. The van der Waals surface area contributed by atoms with E-state index in [0.717, 1.165) is 36.6 Å². The predicted octanol–water partition coefficient (Wildman–Crippen LogP) is 3.01. The zero-order valence-corrected chi connectivity index (χ0v) is 16.7. The maximum Gasteiger partial charge on any atom is 0.269 e. The minimum Gasteiger partial charge on any atom is -0.496 e. The highest BCUT2D eigenvalue weighted by Gasteiger charge is 2.30. The van der Waals surface area contributed by atoms with Crippen LogP contribution in [0.1, 0.15) is 46.5 Å². The summed E-state index contributed by atoms with van der Waals surface area (Å²) in [6.07, 6.45) is 6.72. The van der Waals surface area contributed by atoms with Gasteiger partial charge in [-0.25, -0.2) is 9.37 Å². The van der Waals surface area contributed by atoms with Crippen LogP contribution in [0.25, 0.3) is 4.83 Å². The molecule has 7 nitrogen and oxygen atoms in total. The quantitative estimate of drug-likeness (QED) is 0.670. The van der Waals surface area contributed by atoms with Gasteiger partial charge in [-0.2, -0.15) is 0 Å². The molecule has 3 aromatic rings. The van der Waals surface area contributed by atoms with Crippen molar-refractivity contribution in [3.05, 3.63) is 53.2 Å². The van der Waals surface area contributed by atoms with Crippen molar-refractivity contribution in [3.63, 3.8) is 0 Å². The number of rotatable bonds is 5. The first kappa shape index (κ1) is 19.4. The van der Waals surface area contributed by atoms with Crippen molar-refractivity contribution in [1.29, 1.82) is 0 Å². The van der Waals surface area contributed by atoms with E-state index in [-0.39, 0.29) is 23.6 Å². The van der Waals surface area contributed by atoms with E-state index in [1.54, 1.807) is 22.3 Å². The third-order valence-electron chi connectivity index (χ3n) is 5.19. The molecule has 4 rings (SSSR count). The summed E-state index contributed by atoms with van der Waals surface area (Å²) in [5.74, 6) is -0.823.